The molecule has 140 valence electrons. The fraction of sp³-hybridized carbons (Fsp3) is 0.562. The number of aliphatic hydroxyl groups is 2. The van der Waals surface area contributed by atoms with Gasteiger partial charge < -0.3 is 26.4 Å². The van der Waals surface area contributed by atoms with Crippen LogP contribution in [0, 0.1) is 11.8 Å². The van der Waals surface area contributed by atoms with Crippen LogP contribution >= 0.6 is 11.8 Å². The molecule has 2 unspecified atom stereocenters. The minimum Gasteiger partial charge on any atom is -0.387 e. The molecule has 6 N–H and O–H groups in total. The average molecular weight is 378 g/mol. The van der Waals surface area contributed by atoms with Crippen LogP contribution in [0.15, 0.2) is 12.7 Å². The Morgan fingerprint density at radius 1 is 1.23 bits per heavy atom. The fourth-order valence-electron chi connectivity index (χ4n) is 2.71. The topological polar surface area (TPSA) is 145 Å². The lowest BCUT2D eigenvalue weighted by atomic mass is 10.1. The van der Waals surface area contributed by atoms with E-state index in [0.29, 0.717) is 29.2 Å². The summed E-state index contributed by atoms with van der Waals surface area (Å²) in [4.78, 5) is 12.2. The molecule has 2 aromatic heterocycles. The minimum absolute atomic E-state index is 0.252. The normalized spacial score (nSPS) is 25.3. The van der Waals surface area contributed by atoms with Gasteiger partial charge in [0.25, 0.3) is 0 Å². The Labute approximate surface area is 155 Å². The molecule has 0 bridgehead atoms. The van der Waals surface area contributed by atoms with Crippen molar-refractivity contribution in [2.24, 2.45) is 5.73 Å². The summed E-state index contributed by atoms with van der Waals surface area (Å²) in [6.45, 7) is 0.642. The van der Waals surface area contributed by atoms with Crippen LogP contribution in [0.4, 0.5) is 5.82 Å². The van der Waals surface area contributed by atoms with Crippen LogP contribution in [0.5, 0.6) is 0 Å². The first-order chi connectivity index (χ1) is 12.6. The Hall–Kier alpha value is -1.90. The number of hydrogen-bond acceptors (Lipinski definition) is 9. The quantitative estimate of drug-likeness (QED) is 0.386. The van der Waals surface area contributed by atoms with Crippen molar-refractivity contribution < 1.29 is 14.9 Å². The lowest BCUT2D eigenvalue weighted by Gasteiger charge is -2.16. The van der Waals surface area contributed by atoms with Crippen LogP contribution in [0.3, 0.4) is 0 Å². The van der Waals surface area contributed by atoms with Gasteiger partial charge in [0.1, 0.15) is 24.1 Å². The zero-order valence-corrected chi connectivity index (χ0v) is 15.0. The number of aliphatic hydroxyl groups excluding tert-OH is 2. The van der Waals surface area contributed by atoms with Crippen LogP contribution in [-0.4, -0.2) is 66.1 Å². The van der Waals surface area contributed by atoms with E-state index >= 15 is 0 Å². The first-order valence-electron chi connectivity index (χ1n) is 8.31. The van der Waals surface area contributed by atoms with E-state index in [2.05, 4.69) is 26.8 Å². The number of nitrogen functional groups attached to an aromatic ring is 1. The predicted molar refractivity (Wildman–Crippen MR) is 99.0 cm³/mol. The number of ether oxygens (including phenoxy) is 1. The summed E-state index contributed by atoms with van der Waals surface area (Å²) in [5, 5.41) is 20.7. The lowest BCUT2D eigenvalue weighted by molar-refractivity contribution is -0.0288. The number of fused-ring (bicyclic) bond motifs is 1. The SMILES string of the molecule is NCCCC#CCSC[C@H]1O[C@@H](n2cnc3c(N)ncnc32)C(O)C1O. The largest absolute Gasteiger partial charge is 0.387 e. The molecule has 1 saturated heterocycles. The number of rotatable bonds is 6. The number of unbranched alkanes of at least 4 members (excludes halogenated alkanes) is 1. The third-order valence-corrected chi connectivity index (χ3v) is 5.00. The number of thioether (sulfide) groups is 1. The molecule has 0 aliphatic carbocycles. The molecule has 3 heterocycles. The Morgan fingerprint density at radius 2 is 2.08 bits per heavy atom. The van der Waals surface area contributed by atoms with Gasteiger partial charge in [0.15, 0.2) is 17.7 Å². The van der Waals surface area contributed by atoms with Crippen molar-refractivity contribution in [3.05, 3.63) is 12.7 Å². The van der Waals surface area contributed by atoms with Crippen molar-refractivity contribution in [1.29, 1.82) is 0 Å². The molecule has 0 aromatic carbocycles. The highest BCUT2D eigenvalue weighted by Crippen LogP contribution is 2.33. The summed E-state index contributed by atoms with van der Waals surface area (Å²) >= 11 is 1.55. The molecule has 1 aliphatic rings. The van der Waals surface area contributed by atoms with Crippen LogP contribution < -0.4 is 11.5 Å². The zero-order valence-electron chi connectivity index (χ0n) is 14.2. The maximum Gasteiger partial charge on any atom is 0.167 e. The Morgan fingerprint density at radius 3 is 2.88 bits per heavy atom. The van der Waals surface area contributed by atoms with E-state index < -0.39 is 24.5 Å². The summed E-state index contributed by atoms with van der Waals surface area (Å²) < 4.78 is 7.43. The molecular weight excluding hydrogens is 356 g/mol. The van der Waals surface area contributed by atoms with Gasteiger partial charge in [0.2, 0.25) is 0 Å². The summed E-state index contributed by atoms with van der Waals surface area (Å²) in [6, 6.07) is 0. The summed E-state index contributed by atoms with van der Waals surface area (Å²) in [7, 11) is 0. The van der Waals surface area contributed by atoms with Crippen LogP contribution in [0.2, 0.25) is 0 Å². The number of nitrogens with two attached hydrogens (primary N) is 2. The standard InChI is InChI=1S/C16H22N6O3S/c17-5-3-1-2-4-6-26-7-10-12(23)13(24)16(25-10)22-9-21-11-14(18)19-8-20-15(11)22/h8-10,12-13,16,23-24H,1,3,5-7,17H2,(H2,18,19,20)/t10-,12?,13?,16-/m1/s1. The summed E-state index contributed by atoms with van der Waals surface area (Å²) in [6.07, 6.45) is 1.09. The molecule has 0 amide bonds. The van der Waals surface area contributed by atoms with Gasteiger partial charge in [-0.3, -0.25) is 4.57 Å². The smallest absolute Gasteiger partial charge is 0.167 e. The zero-order chi connectivity index (χ0) is 18.5. The van der Waals surface area contributed by atoms with Gasteiger partial charge >= 0.3 is 0 Å². The molecule has 3 rings (SSSR count). The maximum absolute atomic E-state index is 10.4. The number of aromatic nitrogens is 4. The van der Waals surface area contributed by atoms with Crippen molar-refractivity contribution in [3.8, 4) is 11.8 Å². The first kappa shape index (κ1) is 18.9. The average Bonchev–Trinajstić information content (AvgIpc) is 3.18. The van der Waals surface area contributed by atoms with Crippen LogP contribution in [0.1, 0.15) is 19.1 Å². The highest BCUT2D eigenvalue weighted by Gasteiger charge is 2.44. The van der Waals surface area contributed by atoms with Gasteiger partial charge in [-0.1, -0.05) is 5.92 Å². The molecule has 0 saturated carbocycles. The second kappa shape index (κ2) is 8.66. The fourth-order valence-corrected chi connectivity index (χ4v) is 3.54. The Kier molecular flexibility index (Phi) is 6.29. The van der Waals surface area contributed by atoms with Gasteiger partial charge in [-0.2, -0.15) is 0 Å². The molecule has 2 aromatic rings. The van der Waals surface area contributed by atoms with E-state index in [0.717, 1.165) is 12.8 Å². The van der Waals surface area contributed by atoms with Crippen molar-refractivity contribution in [3.63, 3.8) is 0 Å². The highest BCUT2D eigenvalue weighted by atomic mass is 32.2. The van der Waals surface area contributed by atoms with Crippen LogP contribution in [0.25, 0.3) is 11.2 Å². The second-order valence-corrected chi connectivity index (χ2v) is 6.92. The van der Waals surface area contributed by atoms with E-state index in [-0.39, 0.29) is 5.82 Å². The van der Waals surface area contributed by atoms with Gasteiger partial charge in [-0.05, 0) is 13.0 Å². The second-order valence-electron chi connectivity index (χ2n) is 5.89. The maximum atomic E-state index is 10.4. The summed E-state index contributed by atoms with van der Waals surface area (Å²) in [5.41, 5.74) is 12.1. The number of hydrogen-bond donors (Lipinski definition) is 4. The minimum atomic E-state index is -1.09. The van der Waals surface area contributed by atoms with E-state index in [4.69, 9.17) is 16.2 Å². The molecule has 26 heavy (non-hydrogen) atoms. The van der Waals surface area contributed by atoms with Crippen molar-refractivity contribution in [1.82, 2.24) is 19.5 Å². The molecular formula is C16H22N6O3S. The van der Waals surface area contributed by atoms with E-state index in [1.54, 1.807) is 16.3 Å². The number of anilines is 1. The third kappa shape index (κ3) is 3.92. The number of imidazole rings is 1. The van der Waals surface area contributed by atoms with E-state index in [9.17, 15) is 10.2 Å². The monoisotopic (exact) mass is 378 g/mol. The van der Waals surface area contributed by atoms with Crippen molar-refractivity contribution >= 4 is 28.7 Å². The lowest BCUT2D eigenvalue weighted by Crippen LogP contribution is -2.32. The highest BCUT2D eigenvalue weighted by molar-refractivity contribution is 7.99. The van der Waals surface area contributed by atoms with Gasteiger partial charge in [-0.25, -0.2) is 15.0 Å². The van der Waals surface area contributed by atoms with E-state index in [1.165, 1.54) is 12.7 Å². The van der Waals surface area contributed by atoms with Crippen molar-refractivity contribution in [2.45, 2.75) is 37.4 Å². The predicted octanol–water partition coefficient (Wildman–Crippen LogP) is -0.497. The molecule has 1 aliphatic heterocycles. The number of nitrogens with zero attached hydrogens (tertiary/aromatic N) is 4. The van der Waals surface area contributed by atoms with Crippen LogP contribution in [-0.2, 0) is 4.74 Å². The molecule has 0 radical (unpaired) electrons. The Balaban J connectivity index is 1.62. The molecule has 10 heteroatoms. The molecule has 4 atom stereocenters. The molecule has 9 nitrogen and oxygen atoms in total. The molecule has 0 spiro atoms. The van der Waals surface area contributed by atoms with E-state index in [1.807, 2.05) is 0 Å². The first-order valence-corrected chi connectivity index (χ1v) is 9.47. The van der Waals surface area contributed by atoms with Crippen molar-refractivity contribution in [2.75, 3.05) is 23.8 Å². The summed E-state index contributed by atoms with van der Waals surface area (Å²) in [5.74, 6) is 7.50. The molecule has 1 fully saturated rings. The Bertz CT molecular complexity index is 804. The van der Waals surface area contributed by atoms with Gasteiger partial charge in [-0.15, -0.1) is 17.7 Å². The van der Waals surface area contributed by atoms with Gasteiger partial charge in [0, 0.05) is 12.2 Å². The van der Waals surface area contributed by atoms with Gasteiger partial charge in [0.05, 0.1) is 18.2 Å². The third-order valence-electron chi connectivity index (χ3n) is 4.09.